The standard InChI is InChI=1S/C12H16N2O/c15-12(10-2-1-6-13-8-10)5-7-14(9-12)11-3-4-11/h1-2,6,8,11,15H,3-5,7,9H2. The van der Waals surface area contributed by atoms with Gasteiger partial charge in [0, 0.05) is 37.1 Å². The zero-order chi connectivity index (χ0) is 10.3. The zero-order valence-corrected chi connectivity index (χ0v) is 8.76. The van der Waals surface area contributed by atoms with E-state index in [4.69, 9.17) is 0 Å². The molecule has 2 heterocycles. The Bertz CT molecular complexity index is 350. The molecule has 1 atom stereocenters. The highest BCUT2D eigenvalue weighted by atomic mass is 16.3. The molecule has 3 rings (SSSR count). The highest BCUT2D eigenvalue weighted by Crippen LogP contribution is 2.37. The van der Waals surface area contributed by atoms with Gasteiger partial charge in [-0.05, 0) is 25.3 Å². The number of rotatable bonds is 2. The van der Waals surface area contributed by atoms with Crippen LogP contribution in [0.3, 0.4) is 0 Å². The summed E-state index contributed by atoms with van der Waals surface area (Å²) in [5.41, 5.74) is 0.310. The highest BCUT2D eigenvalue weighted by molar-refractivity contribution is 5.20. The van der Waals surface area contributed by atoms with Gasteiger partial charge in [0.05, 0.1) is 0 Å². The normalized spacial score (nSPS) is 32.1. The van der Waals surface area contributed by atoms with E-state index in [1.807, 2.05) is 12.1 Å². The number of β-amino-alcohol motifs (C(OH)–C–C–N with tert-alkyl or cyclic N) is 1. The van der Waals surface area contributed by atoms with Crippen LogP contribution in [0.25, 0.3) is 0 Å². The van der Waals surface area contributed by atoms with Crippen molar-refractivity contribution >= 4 is 0 Å². The van der Waals surface area contributed by atoms with Gasteiger partial charge in [-0.1, -0.05) is 6.07 Å². The van der Waals surface area contributed by atoms with Crippen molar-refractivity contribution in [3.8, 4) is 0 Å². The van der Waals surface area contributed by atoms with E-state index in [2.05, 4.69) is 9.88 Å². The first-order chi connectivity index (χ1) is 7.28. The minimum absolute atomic E-state index is 0.656. The molecule has 0 radical (unpaired) electrons. The molecule has 80 valence electrons. The number of hydrogen-bond acceptors (Lipinski definition) is 3. The van der Waals surface area contributed by atoms with Crippen molar-refractivity contribution in [2.75, 3.05) is 13.1 Å². The number of aromatic nitrogens is 1. The lowest BCUT2D eigenvalue weighted by atomic mass is 9.95. The number of hydrogen-bond donors (Lipinski definition) is 1. The fraction of sp³-hybridized carbons (Fsp3) is 0.583. The molecule has 0 aromatic carbocycles. The second kappa shape index (κ2) is 3.29. The van der Waals surface area contributed by atoms with E-state index in [-0.39, 0.29) is 0 Å². The molecule has 1 unspecified atom stereocenters. The summed E-state index contributed by atoms with van der Waals surface area (Å²) in [4.78, 5) is 6.49. The van der Waals surface area contributed by atoms with E-state index in [0.29, 0.717) is 0 Å². The predicted octanol–water partition coefficient (Wildman–Crippen LogP) is 1.14. The number of pyridine rings is 1. The lowest BCUT2D eigenvalue weighted by Crippen LogP contribution is -2.31. The lowest BCUT2D eigenvalue weighted by Gasteiger charge is -2.23. The molecular weight excluding hydrogens is 188 g/mol. The SMILES string of the molecule is OC1(c2cccnc2)CCN(C2CC2)C1. The molecule has 1 aromatic rings. The van der Waals surface area contributed by atoms with Crippen LogP contribution in [0, 0.1) is 0 Å². The van der Waals surface area contributed by atoms with Gasteiger partial charge in [-0.3, -0.25) is 9.88 Å². The van der Waals surface area contributed by atoms with Crippen molar-refractivity contribution in [3.05, 3.63) is 30.1 Å². The Labute approximate surface area is 89.7 Å². The quantitative estimate of drug-likeness (QED) is 0.784. The minimum Gasteiger partial charge on any atom is -0.384 e. The Balaban J connectivity index is 1.80. The van der Waals surface area contributed by atoms with Gasteiger partial charge >= 0.3 is 0 Å². The summed E-state index contributed by atoms with van der Waals surface area (Å²) < 4.78 is 0. The van der Waals surface area contributed by atoms with Crippen LogP contribution in [0.4, 0.5) is 0 Å². The summed E-state index contributed by atoms with van der Waals surface area (Å²) in [6.45, 7) is 1.80. The van der Waals surface area contributed by atoms with Crippen molar-refractivity contribution in [1.29, 1.82) is 0 Å². The molecule has 0 bridgehead atoms. The zero-order valence-electron chi connectivity index (χ0n) is 8.76. The first-order valence-electron chi connectivity index (χ1n) is 5.65. The van der Waals surface area contributed by atoms with E-state index in [1.165, 1.54) is 12.8 Å². The van der Waals surface area contributed by atoms with E-state index < -0.39 is 5.60 Å². The van der Waals surface area contributed by atoms with Gasteiger partial charge in [0.2, 0.25) is 0 Å². The summed E-state index contributed by atoms with van der Waals surface area (Å²) in [6, 6.07) is 4.62. The van der Waals surface area contributed by atoms with Crippen molar-refractivity contribution < 1.29 is 5.11 Å². The Morgan fingerprint density at radius 2 is 2.33 bits per heavy atom. The van der Waals surface area contributed by atoms with Gasteiger partial charge in [0.15, 0.2) is 0 Å². The number of likely N-dealkylation sites (tertiary alicyclic amines) is 1. The Morgan fingerprint density at radius 3 is 3.00 bits per heavy atom. The fourth-order valence-electron chi connectivity index (χ4n) is 2.45. The van der Waals surface area contributed by atoms with Gasteiger partial charge in [0.1, 0.15) is 5.60 Å². The average Bonchev–Trinajstić information content (AvgIpc) is 3.04. The van der Waals surface area contributed by atoms with E-state index in [0.717, 1.165) is 31.1 Å². The molecule has 3 nitrogen and oxygen atoms in total. The minimum atomic E-state index is -0.656. The van der Waals surface area contributed by atoms with Crippen LogP contribution >= 0.6 is 0 Å². The third-order valence-electron chi connectivity index (χ3n) is 3.54. The summed E-state index contributed by atoms with van der Waals surface area (Å²) in [7, 11) is 0. The number of aliphatic hydroxyl groups is 1. The summed E-state index contributed by atoms with van der Waals surface area (Å²) in [6.07, 6.45) is 7.00. The molecule has 0 amide bonds. The summed E-state index contributed by atoms with van der Waals surface area (Å²) >= 11 is 0. The van der Waals surface area contributed by atoms with Gasteiger partial charge in [-0.2, -0.15) is 0 Å². The van der Waals surface area contributed by atoms with Gasteiger partial charge < -0.3 is 5.11 Å². The largest absolute Gasteiger partial charge is 0.384 e. The first kappa shape index (κ1) is 9.31. The average molecular weight is 204 g/mol. The molecule has 3 heteroatoms. The molecule has 0 spiro atoms. The maximum Gasteiger partial charge on any atom is 0.105 e. The molecular formula is C12H16N2O. The van der Waals surface area contributed by atoms with Crippen molar-refractivity contribution in [2.45, 2.75) is 30.9 Å². The predicted molar refractivity (Wildman–Crippen MR) is 57.3 cm³/mol. The monoisotopic (exact) mass is 204 g/mol. The molecule has 1 aliphatic heterocycles. The van der Waals surface area contributed by atoms with Crippen LogP contribution < -0.4 is 0 Å². The molecule has 1 aromatic heterocycles. The molecule has 1 N–H and O–H groups in total. The molecule has 2 aliphatic rings. The highest BCUT2D eigenvalue weighted by Gasteiger charge is 2.42. The first-order valence-corrected chi connectivity index (χ1v) is 5.65. The fourth-order valence-corrected chi connectivity index (χ4v) is 2.45. The Hall–Kier alpha value is -0.930. The van der Waals surface area contributed by atoms with Crippen LogP contribution in [0.5, 0.6) is 0 Å². The van der Waals surface area contributed by atoms with Crippen LogP contribution in [-0.4, -0.2) is 34.1 Å². The summed E-state index contributed by atoms with van der Waals surface area (Å²) in [5, 5.41) is 10.5. The van der Waals surface area contributed by atoms with E-state index >= 15 is 0 Å². The third-order valence-corrected chi connectivity index (χ3v) is 3.54. The van der Waals surface area contributed by atoms with Gasteiger partial charge in [0.25, 0.3) is 0 Å². The van der Waals surface area contributed by atoms with Crippen LogP contribution in [0.2, 0.25) is 0 Å². The third kappa shape index (κ3) is 1.66. The molecule has 2 fully saturated rings. The lowest BCUT2D eigenvalue weighted by molar-refractivity contribution is 0.0449. The number of nitrogens with zero attached hydrogens (tertiary/aromatic N) is 2. The van der Waals surface area contributed by atoms with Gasteiger partial charge in [-0.15, -0.1) is 0 Å². The smallest absolute Gasteiger partial charge is 0.105 e. The maximum atomic E-state index is 10.5. The van der Waals surface area contributed by atoms with Crippen molar-refractivity contribution in [3.63, 3.8) is 0 Å². The Kier molecular flexibility index (Phi) is 2.04. The van der Waals surface area contributed by atoms with Crippen LogP contribution in [-0.2, 0) is 5.60 Å². The topological polar surface area (TPSA) is 36.4 Å². The molecule has 1 saturated heterocycles. The summed E-state index contributed by atoms with van der Waals surface area (Å²) in [5.74, 6) is 0. The second-order valence-electron chi connectivity index (χ2n) is 4.72. The van der Waals surface area contributed by atoms with Crippen molar-refractivity contribution in [1.82, 2.24) is 9.88 Å². The van der Waals surface area contributed by atoms with Crippen LogP contribution in [0.1, 0.15) is 24.8 Å². The molecule has 1 aliphatic carbocycles. The second-order valence-corrected chi connectivity index (χ2v) is 4.72. The maximum absolute atomic E-state index is 10.5. The van der Waals surface area contributed by atoms with E-state index in [9.17, 15) is 5.11 Å². The molecule has 15 heavy (non-hydrogen) atoms. The van der Waals surface area contributed by atoms with Crippen LogP contribution in [0.15, 0.2) is 24.5 Å². The van der Waals surface area contributed by atoms with Crippen molar-refractivity contribution in [2.24, 2.45) is 0 Å². The Morgan fingerprint density at radius 1 is 1.47 bits per heavy atom. The van der Waals surface area contributed by atoms with E-state index in [1.54, 1.807) is 12.4 Å². The molecule has 1 saturated carbocycles. The van der Waals surface area contributed by atoms with Gasteiger partial charge in [-0.25, -0.2) is 0 Å².